The van der Waals surface area contributed by atoms with Gasteiger partial charge in [0.15, 0.2) is 0 Å². The van der Waals surface area contributed by atoms with Gasteiger partial charge < -0.3 is 14.9 Å². The molecule has 1 atom stereocenters. The van der Waals surface area contributed by atoms with Crippen LogP contribution in [0.15, 0.2) is 24.3 Å². The van der Waals surface area contributed by atoms with E-state index in [1.165, 1.54) is 4.90 Å². The third-order valence-electron chi connectivity index (χ3n) is 2.91. The minimum atomic E-state index is -1.05. The van der Waals surface area contributed by atoms with Crippen molar-refractivity contribution in [2.45, 2.75) is 32.4 Å². The number of carbonyl (C=O) groups is 1. The minimum Gasteiger partial charge on any atom is -0.497 e. The van der Waals surface area contributed by atoms with Crippen LogP contribution in [0.3, 0.4) is 0 Å². The van der Waals surface area contributed by atoms with Crippen molar-refractivity contribution in [2.24, 2.45) is 0 Å². The van der Waals surface area contributed by atoms with Crippen LogP contribution in [0.25, 0.3) is 0 Å². The number of benzene rings is 1. The topological polar surface area (TPSA) is 70.0 Å². The molecule has 1 aromatic carbocycles. The van der Waals surface area contributed by atoms with Crippen molar-refractivity contribution in [1.82, 2.24) is 4.90 Å². The number of methoxy groups -OCH3 is 1. The number of aliphatic hydroxyl groups is 1. The highest BCUT2D eigenvalue weighted by Crippen LogP contribution is 2.29. The summed E-state index contributed by atoms with van der Waals surface area (Å²) in [4.78, 5) is 12.7. The average molecular weight is 267 g/mol. The molecule has 5 nitrogen and oxygen atoms in total. The molecule has 0 fully saturated rings. The van der Waals surface area contributed by atoms with Crippen molar-refractivity contribution >= 4 is 6.09 Å². The Balaban J connectivity index is 3.12. The fourth-order valence-electron chi connectivity index (χ4n) is 2.05. The molecule has 1 amide bonds. The van der Waals surface area contributed by atoms with Gasteiger partial charge in [-0.3, -0.25) is 4.90 Å². The summed E-state index contributed by atoms with van der Waals surface area (Å²) in [6.07, 6.45) is -1.05. The Morgan fingerprint density at radius 1 is 1.32 bits per heavy atom. The van der Waals surface area contributed by atoms with Gasteiger partial charge in [-0.2, -0.15) is 0 Å². The molecule has 5 heteroatoms. The Kier molecular flexibility index (Phi) is 4.78. The predicted octanol–water partition coefficient (Wildman–Crippen LogP) is 2.51. The zero-order chi connectivity index (χ0) is 14.6. The van der Waals surface area contributed by atoms with Crippen molar-refractivity contribution in [2.75, 3.05) is 13.7 Å². The molecule has 0 spiro atoms. The first-order valence-electron chi connectivity index (χ1n) is 6.08. The fourth-order valence-corrected chi connectivity index (χ4v) is 2.05. The minimum absolute atomic E-state index is 0.268. The van der Waals surface area contributed by atoms with Crippen LogP contribution in [-0.2, 0) is 0 Å². The van der Waals surface area contributed by atoms with Crippen molar-refractivity contribution in [3.8, 4) is 5.75 Å². The van der Waals surface area contributed by atoms with Crippen LogP contribution < -0.4 is 4.74 Å². The van der Waals surface area contributed by atoms with Crippen LogP contribution in [-0.4, -0.2) is 40.5 Å². The van der Waals surface area contributed by atoms with E-state index in [0.29, 0.717) is 5.75 Å². The number of ether oxygens (including phenoxy) is 1. The molecule has 0 saturated heterocycles. The number of amides is 1. The summed E-state index contributed by atoms with van der Waals surface area (Å²) < 4.78 is 5.07. The molecule has 19 heavy (non-hydrogen) atoms. The number of rotatable bonds is 4. The molecule has 2 N–H and O–H groups in total. The molecule has 0 aromatic heterocycles. The monoisotopic (exact) mass is 267 g/mol. The lowest BCUT2D eigenvalue weighted by Crippen LogP contribution is -2.48. The fraction of sp³-hybridized carbons (Fsp3) is 0.500. The van der Waals surface area contributed by atoms with Gasteiger partial charge in [-0.05, 0) is 38.5 Å². The smallest absolute Gasteiger partial charge is 0.408 e. The van der Waals surface area contributed by atoms with Crippen LogP contribution >= 0.6 is 0 Å². The molecule has 1 aromatic rings. The molecule has 0 aliphatic rings. The first-order valence-corrected chi connectivity index (χ1v) is 6.08. The van der Waals surface area contributed by atoms with Gasteiger partial charge >= 0.3 is 6.09 Å². The molecule has 1 rings (SSSR count). The van der Waals surface area contributed by atoms with Crippen LogP contribution in [0.1, 0.15) is 32.4 Å². The van der Waals surface area contributed by atoms with Crippen molar-refractivity contribution < 1.29 is 19.7 Å². The Bertz CT molecular complexity index is 422. The maximum absolute atomic E-state index is 11.4. The third kappa shape index (κ3) is 3.61. The largest absolute Gasteiger partial charge is 0.497 e. The lowest BCUT2D eigenvalue weighted by Gasteiger charge is -2.39. The lowest BCUT2D eigenvalue weighted by molar-refractivity contribution is 0.0458. The highest BCUT2D eigenvalue weighted by molar-refractivity contribution is 5.67. The first-order chi connectivity index (χ1) is 8.81. The summed E-state index contributed by atoms with van der Waals surface area (Å²) in [6, 6.07) is 6.44. The maximum Gasteiger partial charge on any atom is 0.408 e. The molecule has 0 radical (unpaired) electrons. The highest BCUT2D eigenvalue weighted by atomic mass is 16.5. The van der Waals surface area contributed by atoms with E-state index in [4.69, 9.17) is 4.74 Å². The summed E-state index contributed by atoms with van der Waals surface area (Å²) >= 11 is 0. The molecule has 0 bridgehead atoms. The van der Waals surface area contributed by atoms with Gasteiger partial charge in [-0.1, -0.05) is 12.1 Å². The van der Waals surface area contributed by atoms with Crippen molar-refractivity contribution in [3.05, 3.63) is 29.8 Å². The standard InChI is InChI=1S/C14H21NO4/c1-14(2,3)15(13(17)18)12(9-16)10-5-7-11(19-4)8-6-10/h5-8,12,16H,9H2,1-4H3,(H,17,18)/t12-/m1/s1. The molecular weight excluding hydrogens is 246 g/mol. The van der Waals surface area contributed by atoms with Crippen LogP contribution in [0.2, 0.25) is 0 Å². The average Bonchev–Trinajstić information content (AvgIpc) is 2.34. The molecular formula is C14H21NO4. The molecule has 0 heterocycles. The third-order valence-corrected chi connectivity index (χ3v) is 2.91. The predicted molar refractivity (Wildman–Crippen MR) is 72.4 cm³/mol. The van der Waals surface area contributed by atoms with Gasteiger partial charge in [0.1, 0.15) is 5.75 Å². The second kappa shape index (κ2) is 5.93. The van der Waals surface area contributed by atoms with E-state index in [0.717, 1.165) is 5.56 Å². The molecule has 0 aliphatic carbocycles. The normalized spacial score (nSPS) is 12.9. The zero-order valence-electron chi connectivity index (χ0n) is 11.8. The number of aliphatic hydroxyl groups excluding tert-OH is 1. The van der Waals surface area contributed by atoms with Crippen LogP contribution in [0.5, 0.6) is 5.75 Å². The SMILES string of the molecule is COc1ccc([C@@H](CO)N(C(=O)O)C(C)(C)C)cc1. The van der Waals surface area contributed by atoms with E-state index in [-0.39, 0.29) is 6.61 Å². The Morgan fingerprint density at radius 3 is 2.16 bits per heavy atom. The van der Waals surface area contributed by atoms with E-state index in [1.54, 1.807) is 52.1 Å². The highest BCUT2D eigenvalue weighted by Gasteiger charge is 2.33. The van der Waals surface area contributed by atoms with E-state index in [1.807, 2.05) is 0 Å². The number of carboxylic acid groups (broad SMARTS) is 1. The maximum atomic E-state index is 11.4. The number of hydrogen-bond donors (Lipinski definition) is 2. The van der Waals surface area contributed by atoms with E-state index in [9.17, 15) is 15.0 Å². The summed E-state index contributed by atoms with van der Waals surface area (Å²) in [5, 5.41) is 18.9. The van der Waals surface area contributed by atoms with Crippen LogP contribution in [0.4, 0.5) is 4.79 Å². The van der Waals surface area contributed by atoms with Gasteiger partial charge in [0.05, 0.1) is 19.8 Å². The molecule has 0 unspecified atom stereocenters. The molecule has 0 saturated carbocycles. The lowest BCUT2D eigenvalue weighted by atomic mass is 9.99. The zero-order valence-corrected chi connectivity index (χ0v) is 11.8. The van der Waals surface area contributed by atoms with Crippen LogP contribution in [0, 0.1) is 0 Å². The van der Waals surface area contributed by atoms with Gasteiger partial charge in [-0.25, -0.2) is 4.79 Å². The van der Waals surface area contributed by atoms with E-state index in [2.05, 4.69) is 0 Å². The van der Waals surface area contributed by atoms with E-state index >= 15 is 0 Å². The quantitative estimate of drug-likeness (QED) is 0.879. The van der Waals surface area contributed by atoms with Crippen molar-refractivity contribution in [3.63, 3.8) is 0 Å². The van der Waals surface area contributed by atoms with Gasteiger partial charge in [0.2, 0.25) is 0 Å². The van der Waals surface area contributed by atoms with Gasteiger partial charge in [0, 0.05) is 5.54 Å². The summed E-state index contributed by atoms with van der Waals surface area (Å²) in [7, 11) is 1.57. The van der Waals surface area contributed by atoms with E-state index < -0.39 is 17.7 Å². The Labute approximate surface area is 113 Å². The Morgan fingerprint density at radius 2 is 1.84 bits per heavy atom. The Hall–Kier alpha value is -1.75. The molecule has 0 aliphatic heterocycles. The van der Waals surface area contributed by atoms with Gasteiger partial charge in [-0.15, -0.1) is 0 Å². The summed E-state index contributed by atoms with van der Waals surface area (Å²) in [6.45, 7) is 5.13. The number of hydrogen-bond acceptors (Lipinski definition) is 3. The number of nitrogens with zero attached hydrogens (tertiary/aromatic N) is 1. The second-order valence-corrected chi connectivity index (χ2v) is 5.29. The first kappa shape index (κ1) is 15.3. The van der Waals surface area contributed by atoms with Gasteiger partial charge in [0.25, 0.3) is 0 Å². The summed E-state index contributed by atoms with van der Waals surface area (Å²) in [5.74, 6) is 0.693. The summed E-state index contributed by atoms with van der Waals surface area (Å²) in [5.41, 5.74) is 0.139. The molecule has 106 valence electrons. The van der Waals surface area contributed by atoms with Crippen molar-refractivity contribution in [1.29, 1.82) is 0 Å². The second-order valence-electron chi connectivity index (χ2n) is 5.29.